The number of carbonyl (C=O) groups is 2. The molecular weight excluding hydrogens is 384 g/mol. The van der Waals surface area contributed by atoms with E-state index in [1.807, 2.05) is 31.3 Å². The third-order valence-corrected chi connectivity index (χ3v) is 6.41. The van der Waals surface area contributed by atoms with Gasteiger partial charge in [-0.1, -0.05) is 19.1 Å². The number of aromatic nitrogens is 2. The molecule has 8 nitrogen and oxygen atoms in total. The molecule has 2 N–H and O–H groups in total. The molecular formula is C22H30N4O4. The number of aryl methyl sites for hydroxylation is 1. The van der Waals surface area contributed by atoms with Gasteiger partial charge in [0.1, 0.15) is 6.04 Å². The lowest BCUT2D eigenvalue weighted by molar-refractivity contribution is -0.135. The van der Waals surface area contributed by atoms with Crippen LogP contribution in [-0.2, 0) is 20.9 Å². The summed E-state index contributed by atoms with van der Waals surface area (Å²) >= 11 is 0. The molecule has 1 aromatic heterocycles. The first-order chi connectivity index (χ1) is 14.5. The van der Waals surface area contributed by atoms with Gasteiger partial charge in [0.15, 0.2) is 0 Å². The zero-order chi connectivity index (χ0) is 21.3. The highest BCUT2D eigenvalue weighted by molar-refractivity contribution is 6.00. The molecule has 1 saturated carbocycles. The van der Waals surface area contributed by atoms with Crippen molar-refractivity contribution in [3.8, 4) is 0 Å². The predicted molar refractivity (Wildman–Crippen MR) is 113 cm³/mol. The van der Waals surface area contributed by atoms with Crippen molar-refractivity contribution in [2.24, 2.45) is 0 Å². The number of imidazole rings is 1. The van der Waals surface area contributed by atoms with Crippen molar-refractivity contribution in [2.75, 3.05) is 7.05 Å². The molecule has 1 aliphatic carbocycles. The Balaban J connectivity index is 1.54. The molecule has 0 spiro atoms. The number of hydrogen-bond donors (Lipinski definition) is 2. The van der Waals surface area contributed by atoms with Crippen LogP contribution >= 0.6 is 0 Å². The highest BCUT2D eigenvalue weighted by Gasteiger charge is 2.32. The summed E-state index contributed by atoms with van der Waals surface area (Å²) in [6, 6.07) is 7.41. The van der Waals surface area contributed by atoms with Crippen LogP contribution in [0.4, 0.5) is 0 Å². The lowest BCUT2D eigenvalue weighted by Crippen LogP contribution is -2.45. The van der Waals surface area contributed by atoms with Crippen molar-refractivity contribution in [3.63, 3.8) is 0 Å². The summed E-state index contributed by atoms with van der Waals surface area (Å²) in [5.41, 5.74) is 1.32. The minimum Gasteiger partial charge on any atom is -0.375 e. The first kappa shape index (κ1) is 20.8. The highest BCUT2D eigenvalue weighted by Crippen LogP contribution is 2.27. The molecule has 4 rings (SSSR count). The molecule has 1 aromatic carbocycles. The molecule has 2 unspecified atom stereocenters. The molecule has 2 aliphatic rings. The van der Waals surface area contributed by atoms with Gasteiger partial charge in [-0.3, -0.25) is 24.0 Å². The molecule has 0 radical (unpaired) electrons. The topological polar surface area (TPSA) is 94.4 Å². The lowest BCUT2D eigenvalue weighted by atomic mass is 9.89. The Morgan fingerprint density at radius 3 is 2.60 bits per heavy atom. The number of rotatable bonds is 8. The summed E-state index contributed by atoms with van der Waals surface area (Å²) in [5, 5.41) is 5.63. The summed E-state index contributed by atoms with van der Waals surface area (Å²) < 4.78 is 9.51. The Morgan fingerprint density at radius 1 is 1.20 bits per heavy atom. The van der Waals surface area contributed by atoms with Crippen molar-refractivity contribution in [1.82, 2.24) is 19.8 Å². The second-order valence-corrected chi connectivity index (χ2v) is 8.29. The summed E-state index contributed by atoms with van der Waals surface area (Å²) in [7, 11) is 1.98. The van der Waals surface area contributed by atoms with Gasteiger partial charge in [0.2, 0.25) is 11.8 Å². The van der Waals surface area contributed by atoms with Crippen molar-refractivity contribution in [3.05, 3.63) is 34.7 Å². The van der Waals surface area contributed by atoms with Gasteiger partial charge >= 0.3 is 5.69 Å². The third kappa shape index (κ3) is 3.94. The van der Waals surface area contributed by atoms with Gasteiger partial charge in [0, 0.05) is 19.0 Å². The van der Waals surface area contributed by atoms with Crippen LogP contribution in [0.15, 0.2) is 29.1 Å². The maximum absolute atomic E-state index is 13.3. The average molecular weight is 415 g/mol. The predicted octanol–water partition coefficient (Wildman–Crippen LogP) is 1.72. The summed E-state index contributed by atoms with van der Waals surface area (Å²) in [4.78, 5) is 37.2. The van der Waals surface area contributed by atoms with E-state index in [4.69, 9.17) is 4.74 Å². The van der Waals surface area contributed by atoms with E-state index in [1.54, 1.807) is 9.13 Å². The van der Waals surface area contributed by atoms with Crippen LogP contribution in [0.5, 0.6) is 0 Å². The zero-order valence-corrected chi connectivity index (χ0v) is 17.6. The molecule has 1 aliphatic heterocycles. The number of amides is 2. The van der Waals surface area contributed by atoms with Crippen LogP contribution in [0.3, 0.4) is 0 Å². The molecule has 2 heterocycles. The van der Waals surface area contributed by atoms with Gasteiger partial charge in [-0.25, -0.2) is 4.79 Å². The molecule has 1 saturated heterocycles. The van der Waals surface area contributed by atoms with Gasteiger partial charge in [0.25, 0.3) is 0 Å². The summed E-state index contributed by atoms with van der Waals surface area (Å²) in [5.74, 6) is -0.692. The van der Waals surface area contributed by atoms with E-state index in [-0.39, 0.29) is 30.2 Å². The van der Waals surface area contributed by atoms with Gasteiger partial charge in [-0.15, -0.1) is 0 Å². The second-order valence-electron chi connectivity index (χ2n) is 8.29. The molecule has 30 heavy (non-hydrogen) atoms. The largest absolute Gasteiger partial charge is 0.375 e. The minimum absolute atomic E-state index is 0.0948. The van der Waals surface area contributed by atoms with Crippen molar-refractivity contribution < 1.29 is 14.3 Å². The van der Waals surface area contributed by atoms with Gasteiger partial charge < -0.3 is 10.1 Å². The van der Waals surface area contributed by atoms with Crippen LogP contribution < -0.4 is 16.3 Å². The van der Waals surface area contributed by atoms with Crippen molar-refractivity contribution in [2.45, 2.75) is 76.3 Å². The summed E-state index contributed by atoms with van der Waals surface area (Å²) in [6.45, 7) is 2.63. The Bertz CT molecular complexity index is 989. The fraction of sp³-hybridized carbons (Fsp3) is 0.591. The number of fused-ring (bicyclic) bond motifs is 1. The van der Waals surface area contributed by atoms with Crippen LogP contribution in [0, 0.1) is 0 Å². The van der Waals surface area contributed by atoms with Crippen LogP contribution in [0.2, 0.25) is 0 Å². The molecule has 2 aromatic rings. The van der Waals surface area contributed by atoms with E-state index in [9.17, 15) is 14.4 Å². The van der Waals surface area contributed by atoms with E-state index in [1.165, 1.54) is 0 Å². The van der Waals surface area contributed by atoms with Gasteiger partial charge in [-0.2, -0.15) is 0 Å². The number of piperidine rings is 1. The molecule has 8 heteroatoms. The fourth-order valence-electron chi connectivity index (χ4n) is 4.50. The van der Waals surface area contributed by atoms with Crippen molar-refractivity contribution in [1.29, 1.82) is 0 Å². The number of imide groups is 1. The van der Waals surface area contributed by atoms with Gasteiger partial charge in [-0.05, 0) is 51.3 Å². The Hall–Kier alpha value is -2.45. The van der Waals surface area contributed by atoms with Crippen LogP contribution in [0.1, 0.15) is 51.5 Å². The molecule has 162 valence electrons. The molecule has 2 amide bonds. The smallest absolute Gasteiger partial charge is 0.329 e. The Labute approximate surface area is 175 Å². The quantitative estimate of drug-likeness (QED) is 0.642. The molecule has 0 bridgehead atoms. The maximum Gasteiger partial charge on any atom is 0.329 e. The third-order valence-electron chi connectivity index (χ3n) is 6.41. The maximum atomic E-state index is 13.3. The molecule has 2 atom stereocenters. The van der Waals surface area contributed by atoms with Gasteiger partial charge in [0.05, 0.1) is 23.2 Å². The normalized spacial score (nSPS) is 25.2. The highest BCUT2D eigenvalue weighted by atomic mass is 16.5. The second kappa shape index (κ2) is 8.73. The number of ether oxygens (including phenoxy) is 1. The average Bonchev–Trinajstić information content (AvgIpc) is 2.98. The van der Waals surface area contributed by atoms with E-state index < -0.39 is 11.9 Å². The zero-order valence-electron chi connectivity index (χ0n) is 17.6. The number of hydrogen-bond acceptors (Lipinski definition) is 5. The summed E-state index contributed by atoms with van der Waals surface area (Å²) in [6.07, 6.45) is 4.65. The van der Waals surface area contributed by atoms with Crippen LogP contribution in [0.25, 0.3) is 11.0 Å². The number of para-hydroxylation sites is 2. The Kier molecular flexibility index (Phi) is 6.06. The number of carbonyl (C=O) groups excluding carboxylic acids is 2. The monoisotopic (exact) mass is 414 g/mol. The van der Waals surface area contributed by atoms with E-state index in [0.717, 1.165) is 36.7 Å². The minimum atomic E-state index is -0.659. The number of nitrogens with one attached hydrogen (secondary N) is 2. The lowest BCUT2D eigenvalue weighted by Gasteiger charge is -2.37. The number of benzene rings is 1. The fourth-order valence-corrected chi connectivity index (χ4v) is 4.50. The Morgan fingerprint density at radius 2 is 1.93 bits per heavy atom. The molecule has 2 fully saturated rings. The SMILES string of the molecule is CCC(CCn1c(=O)n(C2CCC(=O)NC2=O)c2ccccc21)OC1CC(NC)C1. The van der Waals surface area contributed by atoms with Crippen LogP contribution in [-0.4, -0.2) is 46.2 Å². The standard InChI is InChI=1S/C22H30N4O4/c1-3-15(30-16-12-14(13-16)23-2)10-11-25-17-6-4-5-7-18(17)26(22(25)29)19-8-9-20(27)24-21(19)28/h4-7,14-16,19,23H,3,8-13H2,1-2H3,(H,24,27,28). The van der Waals surface area contributed by atoms with E-state index >= 15 is 0 Å². The van der Waals surface area contributed by atoms with Crippen molar-refractivity contribution >= 4 is 22.8 Å². The van der Waals surface area contributed by atoms with E-state index in [2.05, 4.69) is 17.6 Å². The first-order valence-corrected chi connectivity index (χ1v) is 10.9. The first-order valence-electron chi connectivity index (χ1n) is 10.9. The number of nitrogens with zero attached hydrogens (tertiary/aromatic N) is 2. The van der Waals surface area contributed by atoms with E-state index in [0.29, 0.717) is 19.0 Å².